The maximum atomic E-state index is 12.9. The highest BCUT2D eigenvalue weighted by Crippen LogP contribution is 2.22. The van der Waals surface area contributed by atoms with Crippen LogP contribution < -0.4 is 5.32 Å². The number of aliphatic hydroxyl groups is 5. The van der Waals surface area contributed by atoms with Crippen LogP contribution in [0.1, 0.15) is 187 Å². The molecule has 62 heavy (non-hydrogen) atoms. The number of carbonyl (C=O) groups excluding carboxylic acids is 1. The molecule has 0 saturated carbocycles. The predicted octanol–water partition coefficient (Wildman–Crippen LogP) is 11.1. The average molecular weight is 870 g/mol. The molecule has 0 aromatic heterocycles. The lowest BCUT2D eigenvalue weighted by molar-refractivity contribution is -0.302. The van der Waals surface area contributed by atoms with E-state index in [1.54, 1.807) is 6.08 Å². The van der Waals surface area contributed by atoms with Crippen molar-refractivity contribution in [2.75, 3.05) is 13.2 Å². The first-order valence-electron chi connectivity index (χ1n) is 24.8. The average Bonchev–Trinajstić information content (AvgIpc) is 3.27. The fraction of sp³-hybridized carbons (Fsp3) is 0.717. The molecule has 9 heteroatoms. The maximum Gasteiger partial charge on any atom is 0.220 e. The summed E-state index contributed by atoms with van der Waals surface area (Å²) in [5, 5.41) is 53.8. The summed E-state index contributed by atoms with van der Waals surface area (Å²) in [5.41, 5.74) is 0. The van der Waals surface area contributed by atoms with Crippen LogP contribution in [0.15, 0.2) is 85.1 Å². The Labute approximate surface area is 378 Å². The van der Waals surface area contributed by atoms with Crippen LogP contribution in [0.25, 0.3) is 0 Å². The van der Waals surface area contributed by atoms with Crippen molar-refractivity contribution >= 4 is 5.91 Å². The molecule has 0 spiro atoms. The number of allylic oxidation sites excluding steroid dienone is 13. The first kappa shape index (κ1) is 57.4. The van der Waals surface area contributed by atoms with Crippen molar-refractivity contribution in [1.82, 2.24) is 5.32 Å². The molecule has 7 atom stereocenters. The van der Waals surface area contributed by atoms with Gasteiger partial charge in [0, 0.05) is 6.42 Å². The molecule has 0 aromatic rings. The number of rotatable bonds is 40. The van der Waals surface area contributed by atoms with Gasteiger partial charge in [0.25, 0.3) is 0 Å². The third kappa shape index (κ3) is 32.1. The number of aliphatic hydroxyl groups excluding tert-OH is 5. The fourth-order valence-electron chi connectivity index (χ4n) is 7.28. The lowest BCUT2D eigenvalue weighted by atomic mass is 9.99. The molecule has 356 valence electrons. The second-order valence-electron chi connectivity index (χ2n) is 16.9. The zero-order valence-electron chi connectivity index (χ0n) is 39.1. The van der Waals surface area contributed by atoms with E-state index in [4.69, 9.17) is 9.47 Å². The van der Waals surface area contributed by atoms with Crippen LogP contribution in [0.2, 0.25) is 0 Å². The van der Waals surface area contributed by atoms with Crippen LogP contribution in [0.3, 0.4) is 0 Å². The summed E-state index contributed by atoms with van der Waals surface area (Å²) >= 11 is 0. The van der Waals surface area contributed by atoms with E-state index in [1.807, 2.05) is 6.08 Å². The minimum Gasteiger partial charge on any atom is -0.394 e. The molecule has 0 bridgehead atoms. The third-order valence-corrected chi connectivity index (χ3v) is 11.2. The smallest absolute Gasteiger partial charge is 0.220 e. The van der Waals surface area contributed by atoms with E-state index in [1.165, 1.54) is 77.0 Å². The normalized spacial score (nSPS) is 21.0. The monoisotopic (exact) mass is 870 g/mol. The lowest BCUT2D eigenvalue weighted by Crippen LogP contribution is -2.60. The number of unbranched alkanes of at least 4 members (excludes halogenated alkanes) is 18. The maximum absolute atomic E-state index is 12.9. The molecule has 1 rings (SSSR count). The van der Waals surface area contributed by atoms with E-state index in [2.05, 4.69) is 92.1 Å². The molecule has 7 unspecified atom stereocenters. The van der Waals surface area contributed by atoms with Gasteiger partial charge in [0.15, 0.2) is 6.29 Å². The third-order valence-electron chi connectivity index (χ3n) is 11.2. The highest BCUT2D eigenvalue weighted by Gasteiger charge is 2.44. The molecule has 1 amide bonds. The van der Waals surface area contributed by atoms with E-state index in [0.717, 1.165) is 89.9 Å². The Morgan fingerprint density at radius 1 is 0.565 bits per heavy atom. The van der Waals surface area contributed by atoms with Gasteiger partial charge in [0.05, 0.1) is 25.4 Å². The van der Waals surface area contributed by atoms with Gasteiger partial charge < -0.3 is 40.3 Å². The van der Waals surface area contributed by atoms with Crippen molar-refractivity contribution in [3.05, 3.63) is 85.1 Å². The number of hydrogen-bond donors (Lipinski definition) is 6. The molecule has 9 nitrogen and oxygen atoms in total. The standard InChI is InChI=1S/C53H91NO8/c1-3-5-7-9-11-12-13-14-15-16-17-18-19-20-21-22-23-24-25-26-27-28-29-30-31-32-33-34-35-36-37-39-41-43-49(57)54-46(47(56)42-40-38-10-8-6-4-2)45-61-53-52(60)51(59)50(58)48(44-55)62-53/h5,7,11-12,14-15,17-18,20-21,23-24,40,42,46-48,50-53,55-56,58-60H,3-4,6,8-10,13,16,19,22,25-39,41,43-45H2,1-2H3,(H,54,57)/b7-5-,12-11-,15-14-,18-17-,21-20-,24-23-,42-40+. The molecule has 1 saturated heterocycles. The fourth-order valence-corrected chi connectivity index (χ4v) is 7.28. The minimum absolute atomic E-state index is 0.187. The molecular weight excluding hydrogens is 779 g/mol. The summed E-state index contributed by atoms with van der Waals surface area (Å²) in [7, 11) is 0. The zero-order chi connectivity index (χ0) is 45.1. The molecule has 0 aliphatic carbocycles. The highest BCUT2D eigenvalue weighted by atomic mass is 16.7. The predicted molar refractivity (Wildman–Crippen MR) is 258 cm³/mol. The van der Waals surface area contributed by atoms with Gasteiger partial charge >= 0.3 is 0 Å². The topological polar surface area (TPSA) is 149 Å². The molecule has 0 radical (unpaired) electrons. The van der Waals surface area contributed by atoms with E-state index in [0.29, 0.717) is 6.42 Å². The first-order chi connectivity index (χ1) is 30.3. The molecular formula is C53H91NO8. The van der Waals surface area contributed by atoms with Gasteiger partial charge in [-0.05, 0) is 70.6 Å². The van der Waals surface area contributed by atoms with Gasteiger partial charge in [-0.25, -0.2) is 0 Å². The molecule has 1 aliphatic heterocycles. The van der Waals surface area contributed by atoms with Gasteiger partial charge in [-0.3, -0.25) is 4.79 Å². The van der Waals surface area contributed by atoms with Crippen LogP contribution in [0, 0.1) is 0 Å². The molecule has 1 heterocycles. The van der Waals surface area contributed by atoms with Crippen LogP contribution in [0.4, 0.5) is 0 Å². The number of nitrogens with one attached hydrogen (secondary N) is 1. The lowest BCUT2D eigenvalue weighted by Gasteiger charge is -2.40. The summed E-state index contributed by atoms with van der Waals surface area (Å²) in [4.78, 5) is 12.9. The van der Waals surface area contributed by atoms with Crippen molar-refractivity contribution in [2.24, 2.45) is 0 Å². The second-order valence-corrected chi connectivity index (χ2v) is 16.9. The Kier molecular flexibility index (Phi) is 39.2. The zero-order valence-corrected chi connectivity index (χ0v) is 39.1. The van der Waals surface area contributed by atoms with E-state index >= 15 is 0 Å². The van der Waals surface area contributed by atoms with E-state index in [-0.39, 0.29) is 12.5 Å². The van der Waals surface area contributed by atoms with Crippen molar-refractivity contribution in [1.29, 1.82) is 0 Å². The van der Waals surface area contributed by atoms with E-state index < -0.39 is 49.5 Å². The first-order valence-corrected chi connectivity index (χ1v) is 24.8. The summed E-state index contributed by atoms with van der Waals surface area (Å²) in [5.74, 6) is -0.187. The highest BCUT2D eigenvalue weighted by molar-refractivity contribution is 5.76. The summed E-state index contributed by atoms with van der Waals surface area (Å²) in [6.07, 6.45) is 52.6. The summed E-state index contributed by atoms with van der Waals surface area (Å²) < 4.78 is 11.1. The van der Waals surface area contributed by atoms with Gasteiger partial charge in [-0.1, -0.05) is 195 Å². The Balaban J connectivity index is 2.08. The van der Waals surface area contributed by atoms with Crippen LogP contribution in [-0.2, 0) is 14.3 Å². The Morgan fingerprint density at radius 2 is 1.00 bits per heavy atom. The molecule has 1 aliphatic rings. The largest absolute Gasteiger partial charge is 0.394 e. The van der Waals surface area contributed by atoms with Crippen molar-refractivity contribution in [3.63, 3.8) is 0 Å². The van der Waals surface area contributed by atoms with Gasteiger partial charge in [-0.15, -0.1) is 0 Å². The van der Waals surface area contributed by atoms with Gasteiger partial charge in [0.1, 0.15) is 24.4 Å². The van der Waals surface area contributed by atoms with Crippen molar-refractivity contribution in [3.8, 4) is 0 Å². The SMILES string of the molecule is CC/C=C\C/C=C\C/C=C\C/C=C\C/C=C\C/C=C\CCCCCCCCCCCCCCCCC(=O)NC(COC1OC(CO)C(O)C(O)C1O)C(O)/C=C/CCCCCC. The molecule has 1 fully saturated rings. The number of hydrogen-bond acceptors (Lipinski definition) is 8. The second kappa shape index (κ2) is 42.3. The quantitative estimate of drug-likeness (QED) is 0.0263. The Hall–Kier alpha value is -2.63. The van der Waals surface area contributed by atoms with Gasteiger partial charge in [0.2, 0.25) is 5.91 Å². The number of ether oxygens (including phenoxy) is 2. The molecule has 6 N–H and O–H groups in total. The summed E-state index contributed by atoms with van der Waals surface area (Å²) in [6, 6.07) is -0.805. The van der Waals surface area contributed by atoms with Crippen LogP contribution in [0.5, 0.6) is 0 Å². The summed E-state index contributed by atoms with van der Waals surface area (Å²) in [6.45, 7) is 3.56. The van der Waals surface area contributed by atoms with Gasteiger partial charge in [-0.2, -0.15) is 0 Å². The Bertz CT molecular complexity index is 1240. The van der Waals surface area contributed by atoms with Crippen LogP contribution >= 0.6 is 0 Å². The van der Waals surface area contributed by atoms with E-state index in [9.17, 15) is 30.3 Å². The number of carbonyl (C=O) groups is 1. The minimum atomic E-state index is -1.57. The van der Waals surface area contributed by atoms with Crippen molar-refractivity contribution in [2.45, 2.75) is 230 Å². The molecule has 0 aromatic carbocycles. The van der Waals surface area contributed by atoms with Crippen LogP contribution in [-0.4, -0.2) is 87.5 Å². The number of amides is 1. The Morgan fingerprint density at radius 3 is 1.48 bits per heavy atom. The van der Waals surface area contributed by atoms with Crippen molar-refractivity contribution < 1.29 is 39.8 Å².